The highest BCUT2D eigenvalue weighted by Gasteiger charge is 2.51. The molecule has 2 N–H and O–H groups in total. The fraction of sp³-hybridized carbons (Fsp3) is 0.571. The summed E-state index contributed by atoms with van der Waals surface area (Å²) < 4.78 is 42.1. The minimum atomic E-state index is -4.81. The van der Waals surface area contributed by atoms with Crippen molar-refractivity contribution in [2.45, 2.75) is 96.3 Å². The van der Waals surface area contributed by atoms with E-state index in [2.05, 4.69) is 10.3 Å². The maximum absolute atomic E-state index is 13.4. The Balaban J connectivity index is 1.43. The summed E-state index contributed by atoms with van der Waals surface area (Å²) in [6.07, 6.45) is 4.72. The summed E-state index contributed by atoms with van der Waals surface area (Å²) in [5.74, 6) is -1.00. The van der Waals surface area contributed by atoms with Crippen LogP contribution in [-0.2, 0) is 28.7 Å². The lowest BCUT2D eigenvalue weighted by Gasteiger charge is -2.27. The third-order valence-corrected chi connectivity index (χ3v) is 7.33. The first kappa shape index (κ1) is 32.5. The van der Waals surface area contributed by atoms with Gasteiger partial charge in [-0.05, 0) is 64.2 Å². The number of hydrogen-bond donors (Lipinski definition) is 2. The molecule has 0 spiro atoms. The Morgan fingerprint density at radius 1 is 1.05 bits per heavy atom. The molecule has 1 fully saturated rings. The number of nitrogens with zero attached hydrogens (tertiary/aromatic N) is 6. The average molecular weight is 592 g/mol. The van der Waals surface area contributed by atoms with Gasteiger partial charge in [0.2, 0.25) is 5.91 Å². The second-order valence-corrected chi connectivity index (χ2v) is 10.8. The number of anilines is 1. The Kier molecular flexibility index (Phi) is 11.0. The van der Waals surface area contributed by atoms with Gasteiger partial charge in [-0.25, -0.2) is 15.2 Å². The van der Waals surface area contributed by atoms with Crippen molar-refractivity contribution in [2.24, 2.45) is 0 Å². The molecule has 4 amide bonds. The molecule has 1 aliphatic rings. The van der Waals surface area contributed by atoms with Gasteiger partial charge in [0.15, 0.2) is 0 Å². The number of rotatable bonds is 15. The molecule has 0 unspecified atom stereocenters. The zero-order chi connectivity index (χ0) is 30.9. The number of nitrogens with one attached hydrogen (secondary N) is 1. The number of aryl methyl sites for hydroxylation is 2. The van der Waals surface area contributed by atoms with Crippen LogP contribution in [0.4, 0.5) is 23.7 Å². The highest BCUT2D eigenvalue weighted by molar-refractivity contribution is 6.23. The quantitative estimate of drug-likeness (QED) is 0.129. The number of urea groups is 1. The van der Waals surface area contributed by atoms with Gasteiger partial charge in [-0.3, -0.25) is 19.5 Å². The van der Waals surface area contributed by atoms with Gasteiger partial charge in [0.25, 0.3) is 5.91 Å². The van der Waals surface area contributed by atoms with E-state index in [0.717, 1.165) is 68.2 Å². The standard InChI is InChI=1S/C28H36F3N7O4/c1-27(2)25(40)38(22-14-13-20(18-32)23(17-22)28(29,30)31)26(41)37(27)16-10-6-3-7-11-21-19-36(35-33-21)15-9-5-4-8-12-24(39)34-42/h13-14,17,19,42H,3-12,15-16H2,1-2H3,(H,34,39). The molecule has 42 heavy (non-hydrogen) atoms. The molecule has 14 heteroatoms. The van der Waals surface area contributed by atoms with Crippen molar-refractivity contribution >= 4 is 23.5 Å². The molecule has 3 rings (SSSR count). The van der Waals surface area contributed by atoms with Crippen LogP contribution in [0.15, 0.2) is 24.4 Å². The summed E-state index contributed by atoms with van der Waals surface area (Å²) in [5, 5.41) is 25.9. The van der Waals surface area contributed by atoms with Crippen molar-refractivity contribution in [3.63, 3.8) is 0 Å². The predicted octanol–water partition coefficient (Wildman–Crippen LogP) is 4.97. The lowest BCUT2D eigenvalue weighted by molar-refractivity contribution is -0.137. The van der Waals surface area contributed by atoms with Gasteiger partial charge in [0, 0.05) is 25.7 Å². The minimum absolute atomic E-state index is 0.216. The van der Waals surface area contributed by atoms with E-state index in [4.69, 9.17) is 10.5 Å². The topological polar surface area (TPSA) is 144 Å². The molecule has 1 aromatic carbocycles. The zero-order valence-corrected chi connectivity index (χ0v) is 23.8. The highest BCUT2D eigenvalue weighted by Crippen LogP contribution is 2.37. The van der Waals surface area contributed by atoms with E-state index >= 15 is 0 Å². The maximum Gasteiger partial charge on any atom is 0.417 e. The van der Waals surface area contributed by atoms with Crippen LogP contribution in [0.1, 0.15) is 88.5 Å². The Bertz CT molecular complexity index is 1300. The number of halogens is 3. The first-order valence-corrected chi connectivity index (χ1v) is 14.0. The summed E-state index contributed by atoms with van der Waals surface area (Å²) >= 11 is 0. The van der Waals surface area contributed by atoms with Gasteiger partial charge in [0.1, 0.15) is 5.54 Å². The Morgan fingerprint density at radius 3 is 2.38 bits per heavy atom. The monoisotopic (exact) mass is 591 g/mol. The molecule has 1 saturated heterocycles. The number of nitriles is 1. The van der Waals surface area contributed by atoms with E-state index in [1.54, 1.807) is 24.0 Å². The fourth-order valence-corrected chi connectivity index (χ4v) is 4.90. The van der Waals surface area contributed by atoms with Crippen LogP contribution in [0.25, 0.3) is 0 Å². The smallest absolute Gasteiger partial charge is 0.310 e. The lowest BCUT2D eigenvalue weighted by Crippen LogP contribution is -2.44. The number of imide groups is 1. The lowest BCUT2D eigenvalue weighted by atomic mass is 10.0. The number of amides is 4. The highest BCUT2D eigenvalue weighted by atomic mass is 19.4. The third-order valence-electron chi connectivity index (χ3n) is 7.33. The SMILES string of the molecule is CC1(C)C(=O)N(c2ccc(C#N)c(C(F)(F)F)c2)C(=O)N1CCCCCCc1cn(CCCCCCC(=O)NO)nn1. The fourth-order valence-electron chi connectivity index (χ4n) is 4.90. The van der Waals surface area contributed by atoms with Crippen molar-refractivity contribution in [1.29, 1.82) is 5.26 Å². The Labute approximate surface area is 242 Å². The van der Waals surface area contributed by atoms with Crippen molar-refractivity contribution in [2.75, 3.05) is 11.4 Å². The summed E-state index contributed by atoms with van der Waals surface area (Å²) in [7, 11) is 0. The van der Waals surface area contributed by atoms with E-state index in [1.807, 2.05) is 6.20 Å². The molecular weight excluding hydrogens is 555 g/mol. The van der Waals surface area contributed by atoms with Crippen LogP contribution in [-0.4, -0.2) is 55.0 Å². The molecule has 0 saturated carbocycles. The number of aromatic nitrogens is 3. The minimum Gasteiger partial charge on any atom is -0.310 e. The third kappa shape index (κ3) is 8.06. The van der Waals surface area contributed by atoms with Crippen molar-refractivity contribution in [3.05, 3.63) is 41.2 Å². The van der Waals surface area contributed by atoms with E-state index in [9.17, 15) is 27.6 Å². The van der Waals surface area contributed by atoms with Crippen molar-refractivity contribution in [3.8, 4) is 6.07 Å². The van der Waals surface area contributed by atoms with Crippen LogP contribution >= 0.6 is 0 Å². The van der Waals surface area contributed by atoms with Gasteiger partial charge in [0.05, 0.1) is 28.6 Å². The Morgan fingerprint density at radius 2 is 1.71 bits per heavy atom. The van der Waals surface area contributed by atoms with Gasteiger partial charge in [-0.2, -0.15) is 18.4 Å². The van der Waals surface area contributed by atoms with Crippen molar-refractivity contribution in [1.82, 2.24) is 25.4 Å². The predicted molar refractivity (Wildman–Crippen MR) is 145 cm³/mol. The first-order valence-electron chi connectivity index (χ1n) is 14.0. The second-order valence-electron chi connectivity index (χ2n) is 10.8. The maximum atomic E-state index is 13.4. The molecule has 11 nitrogen and oxygen atoms in total. The molecule has 0 bridgehead atoms. The second kappa shape index (κ2) is 14.3. The number of carbonyl (C=O) groups excluding carboxylic acids is 3. The number of hydrogen-bond acceptors (Lipinski definition) is 7. The molecule has 0 aliphatic carbocycles. The molecule has 0 atom stereocenters. The molecule has 2 heterocycles. The molecular formula is C28H36F3N7O4. The van der Waals surface area contributed by atoms with Gasteiger partial charge in [-0.15, -0.1) is 5.10 Å². The van der Waals surface area contributed by atoms with Gasteiger partial charge in [-0.1, -0.05) is 30.9 Å². The van der Waals surface area contributed by atoms with E-state index < -0.39 is 34.8 Å². The zero-order valence-electron chi connectivity index (χ0n) is 23.8. The average Bonchev–Trinajstić information content (AvgIpc) is 3.46. The number of hydroxylamine groups is 1. The summed E-state index contributed by atoms with van der Waals surface area (Å²) in [5.41, 5.74) is -0.714. The normalized spacial score (nSPS) is 14.9. The van der Waals surface area contributed by atoms with E-state index in [1.165, 1.54) is 17.0 Å². The molecule has 1 aromatic heterocycles. The Hall–Kier alpha value is -3.99. The molecule has 1 aliphatic heterocycles. The number of benzene rings is 1. The van der Waals surface area contributed by atoms with Crippen LogP contribution < -0.4 is 10.4 Å². The first-order chi connectivity index (χ1) is 19.9. The van der Waals surface area contributed by atoms with E-state index in [-0.39, 0.29) is 18.1 Å². The molecule has 0 radical (unpaired) electrons. The largest absolute Gasteiger partial charge is 0.417 e. The number of alkyl halides is 3. The van der Waals surface area contributed by atoms with Gasteiger partial charge < -0.3 is 4.90 Å². The van der Waals surface area contributed by atoms with E-state index in [0.29, 0.717) is 25.3 Å². The summed E-state index contributed by atoms with van der Waals surface area (Å²) in [6.45, 7) is 4.15. The van der Waals surface area contributed by atoms with Crippen LogP contribution in [0.5, 0.6) is 0 Å². The van der Waals surface area contributed by atoms with Gasteiger partial charge >= 0.3 is 12.2 Å². The molecule has 2 aromatic rings. The summed E-state index contributed by atoms with van der Waals surface area (Å²) in [4.78, 5) is 39.4. The van der Waals surface area contributed by atoms with Crippen LogP contribution in [0.2, 0.25) is 0 Å². The summed E-state index contributed by atoms with van der Waals surface area (Å²) in [6, 6.07) is 3.64. The van der Waals surface area contributed by atoms with Crippen molar-refractivity contribution < 1.29 is 32.8 Å². The van der Waals surface area contributed by atoms with Crippen LogP contribution in [0.3, 0.4) is 0 Å². The van der Waals surface area contributed by atoms with Crippen LogP contribution in [0, 0.1) is 11.3 Å². The number of unbranched alkanes of at least 4 members (excludes halogenated alkanes) is 6. The molecule has 228 valence electrons. The number of carbonyl (C=O) groups is 3.